The summed E-state index contributed by atoms with van der Waals surface area (Å²) in [6, 6.07) is 62.9. The molecule has 3 nitrogen and oxygen atoms in total. The Labute approximate surface area is 303 Å². The van der Waals surface area contributed by atoms with Gasteiger partial charge in [-0.3, -0.25) is 0 Å². The Hall–Kier alpha value is -6.62. The smallest absolute Gasteiger partial charge is 0.0994 e. The van der Waals surface area contributed by atoms with E-state index < -0.39 is 0 Å². The molecule has 0 N–H and O–H groups in total. The van der Waals surface area contributed by atoms with Crippen LogP contribution in [-0.2, 0) is 0 Å². The van der Waals surface area contributed by atoms with Crippen LogP contribution in [0.2, 0.25) is 0 Å². The van der Waals surface area contributed by atoms with Crippen LogP contribution in [0.25, 0.3) is 103 Å². The third-order valence-corrected chi connectivity index (χ3v) is 11.5. The van der Waals surface area contributed by atoms with Gasteiger partial charge >= 0.3 is 0 Å². The lowest BCUT2D eigenvalue weighted by atomic mass is 9.90. The number of benzene rings is 8. The summed E-state index contributed by atoms with van der Waals surface area (Å²) in [5, 5.41) is 7.50. The molecule has 3 heterocycles. The predicted octanol–water partition coefficient (Wildman–Crippen LogP) is 13.2. The van der Waals surface area contributed by atoms with Crippen molar-refractivity contribution in [2.45, 2.75) is 0 Å². The van der Waals surface area contributed by atoms with Gasteiger partial charge in [0, 0.05) is 47.8 Å². The quantitative estimate of drug-likeness (QED) is 0.185. The summed E-state index contributed by atoms with van der Waals surface area (Å²) >= 11 is 1.86. The van der Waals surface area contributed by atoms with E-state index in [2.05, 4.69) is 168 Å². The second-order valence-corrected chi connectivity index (χ2v) is 14.4. The molecule has 8 aromatic carbocycles. The minimum absolute atomic E-state index is 0.864. The summed E-state index contributed by atoms with van der Waals surface area (Å²) in [4.78, 5) is 11.0. The molecule has 0 aliphatic heterocycles. The van der Waals surface area contributed by atoms with Crippen molar-refractivity contribution < 1.29 is 0 Å². The van der Waals surface area contributed by atoms with Crippen molar-refractivity contribution in [2.75, 3.05) is 0 Å². The number of hydrogen-bond donors (Lipinski definition) is 0. The molecular weight excluding hydrogens is 651 g/mol. The van der Waals surface area contributed by atoms with Crippen molar-refractivity contribution in [3.8, 4) is 39.3 Å². The molecule has 0 bridgehead atoms. The average molecular weight is 680 g/mol. The summed E-state index contributed by atoms with van der Waals surface area (Å²) < 4.78 is 4.98. The van der Waals surface area contributed by atoms with Crippen molar-refractivity contribution in [3.05, 3.63) is 176 Å². The molecule has 11 aromatic rings. The Morgan fingerprint density at radius 2 is 1.00 bits per heavy atom. The summed E-state index contributed by atoms with van der Waals surface area (Å²) in [6.45, 7) is 0. The van der Waals surface area contributed by atoms with Gasteiger partial charge in [-0.2, -0.15) is 0 Å². The van der Waals surface area contributed by atoms with E-state index in [-0.39, 0.29) is 0 Å². The minimum atomic E-state index is 0.864. The molecule has 11 rings (SSSR count). The monoisotopic (exact) mass is 679 g/mol. The van der Waals surface area contributed by atoms with E-state index in [1.165, 1.54) is 47.3 Å². The number of hydrogen-bond acceptors (Lipinski definition) is 3. The highest BCUT2D eigenvalue weighted by atomic mass is 32.1. The maximum absolute atomic E-state index is 5.48. The molecular formula is C48H29N3S. The third-order valence-electron chi connectivity index (χ3n) is 10.4. The van der Waals surface area contributed by atoms with E-state index >= 15 is 0 Å². The molecule has 0 saturated heterocycles. The zero-order chi connectivity index (χ0) is 34.2. The average Bonchev–Trinajstić information content (AvgIpc) is 3.77. The van der Waals surface area contributed by atoms with Gasteiger partial charge in [-0.15, -0.1) is 11.3 Å². The third kappa shape index (κ3) is 4.31. The molecule has 0 unspecified atom stereocenters. The number of thiophene rings is 1. The standard InChI is InChI=1S/C48H29N3S/c1-2-15-31(16-3-1)51-41-26-10-6-18-33(41)36-22-13-23-38(48(36)51)47-46(49-39-24-8-9-25-40(39)50-47)35-19-5-4-17-32(35)34-21-12-14-30-28-29-43-45(44(30)34)37-20-7-11-27-42(37)52-43/h1-29H. The molecule has 0 radical (unpaired) electrons. The molecule has 3 aromatic heterocycles. The highest BCUT2D eigenvalue weighted by molar-refractivity contribution is 7.26. The fourth-order valence-electron chi connectivity index (χ4n) is 8.17. The van der Waals surface area contributed by atoms with Gasteiger partial charge in [-0.05, 0) is 64.4 Å². The van der Waals surface area contributed by atoms with Crippen LogP contribution in [0.3, 0.4) is 0 Å². The summed E-state index contributed by atoms with van der Waals surface area (Å²) in [5.74, 6) is 0. The van der Waals surface area contributed by atoms with E-state index in [9.17, 15) is 0 Å². The lowest BCUT2D eigenvalue weighted by Crippen LogP contribution is -2.00. The zero-order valence-electron chi connectivity index (χ0n) is 28.0. The molecule has 4 heteroatoms. The molecule has 0 atom stereocenters. The van der Waals surface area contributed by atoms with Crippen LogP contribution in [0.4, 0.5) is 0 Å². The van der Waals surface area contributed by atoms with Crippen LogP contribution >= 0.6 is 11.3 Å². The van der Waals surface area contributed by atoms with E-state index in [0.29, 0.717) is 0 Å². The molecule has 0 spiro atoms. The Morgan fingerprint density at radius 3 is 1.85 bits per heavy atom. The second-order valence-electron chi connectivity index (χ2n) is 13.3. The molecule has 0 saturated carbocycles. The normalized spacial score (nSPS) is 11.8. The number of nitrogens with zero attached hydrogens (tertiary/aromatic N) is 3. The highest BCUT2D eigenvalue weighted by Crippen LogP contribution is 2.46. The fraction of sp³-hybridized carbons (Fsp3) is 0. The van der Waals surface area contributed by atoms with Crippen LogP contribution in [0.5, 0.6) is 0 Å². The van der Waals surface area contributed by atoms with Crippen molar-refractivity contribution >= 4 is 75.1 Å². The summed E-state index contributed by atoms with van der Waals surface area (Å²) in [5.41, 5.74) is 11.3. The SMILES string of the molecule is c1ccc(-n2c3ccccc3c3cccc(-c4nc5ccccc5nc4-c4ccccc4-c4cccc5ccc6sc7ccccc7c6c45)c32)cc1. The van der Waals surface area contributed by atoms with Crippen molar-refractivity contribution in [3.63, 3.8) is 0 Å². The lowest BCUT2D eigenvalue weighted by Gasteiger charge is -2.17. The Morgan fingerprint density at radius 1 is 0.385 bits per heavy atom. The number of rotatable bonds is 4. The molecule has 242 valence electrons. The molecule has 0 fully saturated rings. The first-order chi connectivity index (χ1) is 25.8. The van der Waals surface area contributed by atoms with Gasteiger partial charge in [-0.1, -0.05) is 133 Å². The van der Waals surface area contributed by atoms with Gasteiger partial charge < -0.3 is 4.57 Å². The van der Waals surface area contributed by atoms with Gasteiger partial charge in [0.1, 0.15) is 0 Å². The molecule has 0 amide bonds. The number of para-hydroxylation sites is 5. The molecule has 52 heavy (non-hydrogen) atoms. The van der Waals surface area contributed by atoms with Crippen LogP contribution in [-0.4, -0.2) is 14.5 Å². The predicted molar refractivity (Wildman–Crippen MR) is 221 cm³/mol. The summed E-state index contributed by atoms with van der Waals surface area (Å²) in [7, 11) is 0. The Balaban J connectivity index is 1.26. The zero-order valence-corrected chi connectivity index (χ0v) is 28.8. The van der Waals surface area contributed by atoms with Crippen LogP contribution in [0.15, 0.2) is 176 Å². The van der Waals surface area contributed by atoms with Gasteiger partial charge in [0.05, 0.1) is 33.5 Å². The Kier molecular flexibility index (Phi) is 6.42. The highest BCUT2D eigenvalue weighted by Gasteiger charge is 2.23. The van der Waals surface area contributed by atoms with Crippen LogP contribution in [0.1, 0.15) is 0 Å². The van der Waals surface area contributed by atoms with Crippen molar-refractivity contribution in [1.29, 1.82) is 0 Å². The number of aromatic nitrogens is 3. The first-order valence-electron chi connectivity index (χ1n) is 17.6. The van der Waals surface area contributed by atoms with Crippen LogP contribution in [0, 0.1) is 0 Å². The van der Waals surface area contributed by atoms with Gasteiger partial charge in [-0.25, -0.2) is 9.97 Å². The van der Waals surface area contributed by atoms with Crippen molar-refractivity contribution in [2.24, 2.45) is 0 Å². The number of fused-ring (bicyclic) bond motifs is 9. The van der Waals surface area contributed by atoms with Gasteiger partial charge in [0.2, 0.25) is 0 Å². The first kappa shape index (κ1) is 29.1. The molecule has 0 aliphatic carbocycles. The van der Waals surface area contributed by atoms with E-state index in [1.807, 2.05) is 23.5 Å². The fourth-order valence-corrected chi connectivity index (χ4v) is 9.29. The van der Waals surface area contributed by atoms with E-state index in [0.717, 1.165) is 55.8 Å². The minimum Gasteiger partial charge on any atom is -0.309 e. The topological polar surface area (TPSA) is 30.7 Å². The Bertz CT molecular complexity index is 3190. The lowest BCUT2D eigenvalue weighted by molar-refractivity contribution is 1.18. The van der Waals surface area contributed by atoms with E-state index in [1.54, 1.807) is 0 Å². The molecule has 0 aliphatic rings. The maximum Gasteiger partial charge on any atom is 0.0994 e. The maximum atomic E-state index is 5.48. The van der Waals surface area contributed by atoms with Crippen LogP contribution < -0.4 is 0 Å². The summed E-state index contributed by atoms with van der Waals surface area (Å²) in [6.07, 6.45) is 0. The van der Waals surface area contributed by atoms with Gasteiger partial charge in [0.15, 0.2) is 0 Å². The van der Waals surface area contributed by atoms with E-state index in [4.69, 9.17) is 9.97 Å². The second kappa shape index (κ2) is 11.5. The first-order valence-corrected chi connectivity index (χ1v) is 18.4. The van der Waals surface area contributed by atoms with Gasteiger partial charge in [0.25, 0.3) is 0 Å². The largest absolute Gasteiger partial charge is 0.309 e. The van der Waals surface area contributed by atoms with Crippen molar-refractivity contribution in [1.82, 2.24) is 14.5 Å².